The molecule has 8 heteroatoms. The molecule has 1 N–H and O–H groups in total. The van der Waals surface area contributed by atoms with Gasteiger partial charge < -0.3 is 9.47 Å². The Bertz CT molecular complexity index is 832. The van der Waals surface area contributed by atoms with Gasteiger partial charge >= 0.3 is 0 Å². The van der Waals surface area contributed by atoms with E-state index in [1.165, 1.54) is 12.1 Å². The summed E-state index contributed by atoms with van der Waals surface area (Å²) in [5.41, 5.74) is 3.60. The first kappa shape index (κ1) is 16.4. The maximum atomic E-state index is 12.2. The molecule has 1 amide bonds. The van der Waals surface area contributed by atoms with Gasteiger partial charge in [-0.15, -0.1) is 0 Å². The Morgan fingerprint density at radius 1 is 1.20 bits per heavy atom. The number of para-hydroxylation sites is 2. The Balaban J connectivity index is 1.63. The highest BCUT2D eigenvalue weighted by Gasteiger charge is 2.27. The number of carbonyl (C=O) groups is 1. The SMILES string of the molecule is CC(=NNC(=O)C1COc2ccccc2O1)c1ccc([N+](=O)[O-])cc1. The van der Waals surface area contributed by atoms with Gasteiger partial charge in [0.2, 0.25) is 6.10 Å². The number of fused-ring (bicyclic) bond motifs is 1. The lowest BCUT2D eigenvalue weighted by atomic mass is 10.1. The lowest BCUT2D eigenvalue weighted by molar-refractivity contribution is -0.384. The Hall–Kier alpha value is -3.42. The average Bonchev–Trinajstić information content (AvgIpc) is 2.65. The minimum atomic E-state index is -0.802. The topological polar surface area (TPSA) is 103 Å². The van der Waals surface area contributed by atoms with Gasteiger partial charge in [-0.05, 0) is 36.8 Å². The monoisotopic (exact) mass is 341 g/mol. The fourth-order valence-corrected chi connectivity index (χ4v) is 2.25. The van der Waals surface area contributed by atoms with Gasteiger partial charge in [0.15, 0.2) is 11.5 Å². The summed E-state index contributed by atoms with van der Waals surface area (Å²) in [5, 5.41) is 14.7. The fraction of sp³-hybridized carbons (Fsp3) is 0.176. The van der Waals surface area contributed by atoms with E-state index in [-0.39, 0.29) is 12.3 Å². The summed E-state index contributed by atoms with van der Waals surface area (Å²) in [6.07, 6.45) is -0.802. The summed E-state index contributed by atoms with van der Waals surface area (Å²) in [6, 6.07) is 13.0. The predicted octanol–water partition coefficient (Wildman–Crippen LogP) is 2.28. The molecule has 0 saturated heterocycles. The normalized spacial score (nSPS) is 16.2. The molecule has 2 aromatic carbocycles. The predicted molar refractivity (Wildman–Crippen MR) is 89.8 cm³/mol. The third-order valence-corrected chi connectivity index (χ3v) is 3.63. The van der Waals surface area contributed by atoms with Gasteiger partial charge in [-0.1, -0.05) is 12.1 Å². The van der Waals surface area contributed by atoms with Crippen molar-refractivity contribution in [2.24, 2.45) is 5.10 Å². The fourth-order valence-electron chi connectivity index (χ4n) is 2.25. The van der Waals surface area contributed by atoms with Crippen molar-refractivity contribution in [2.75, 3.05) is 6.61 Å². The van der Waals surface area contributed by atoms with Crippen LogP contribution >= 0.6 is 0 Å². The molecule has 0 spiro atoms. The van der Waals surface area contributed by atoms with Crippen LogP contribution in [0.1, 0.15) is 12.5 Å². The minimum absolute atomic E-state index is 0.00740. The van der Waals surface area contributed by atoms with Crippen molar-refractivity contribution in [2.45, 2.75) is 13.0 Å². The first-order valence-corrected chi connectivity index (χ1v) is 7.52. The van der Waals surface area contributed by atoms with E-state index in [4.69, 9.17) is 9.47 Å². The number of benzene rings is 2. The first-order chi connectivity index (χ1) is 12.0. The molecule has 0 aliphatic carbocycles. The van der Waals surface area contributed by atoms with E-state index in [0.717, 1.165) is 0 Å². The van der Waals surface area contributed by atoms with Crippen LogP contribution in [0.2, 0.25) is 0 Å². The second-order valence-corrected chi connectivity index (χ2v) is 5.34. The summed E-state index contributed by atoms with van der Waals surface area (Å²) in [7, 11) is 0. The molecule has 2 aromatic rings. The van der Waals surface area contributed by atoms with E-state index < -0.39 is 16.9 Å². The van der Waals surface area contributed by atoms with Crippen molar-refractivity contribution >= 4 is 17.3 Å². The molecule has 0 aromatic heterocycles. The molecule has 1 aliphatic rings. The van der Waals surface area contributed by atoms with Gasteiger partial charge in [-0.25, -0.2) is 5.43 Å². The van der Waals surface area contributed by atoms with Crippen molar-refractivity contribution in [3.63, 3.8) is 0 Å². The molecule has 0 saturated carbocycles. The van der Waals surface area contributed by atoms with E-state index in [2.05, 4.69) is 10.5 Å². The minimum Gasteiger partial charge on any atom is -0.485 e. The average molecular weight is 341 g/mol. The molecule has 1 atom stereocenters. The highest BCUT2D eigenvalue weighted by atomic mass is 16.6. The molecule has 0 bridgehead atoms. The number of non-ortho nitro benzene ring substituents is 1. The van der Waals surface area contributed by atoms with Gasteiger partial charge in [-0.2, -0.15) is 5.10 Å². The van der Waals surface area contributed by atoms with E-state index in [0.29, 0.717) is 22.8 Å². The number of hydrogen-bond acceptors (Lipinski definition) is 6. The van der Waals surface area contributed by atoms with Gasteiger partial charge in [0, 0.05) is 12.1 Å². The zero-order chi connectivity index (χ0) is 17.8. The van der Waals surface area contributed by atoms with Crippen molar-refractivity contribution in [1.29, 1.82) is 0 Å². The zero-order valence-corrected chi connectivity index (χ0v) is 13.3. The van der Waals surface area contributed by atoms with Crippen LogP contribution < -0.4 is 14.9 Å². The Morgan fingerprint density at radius 3 is 2.56 bits per heavy atom. The van der Waals surface area contributed by atoms with Crippen LogP contribution in [-0.4, -0.2) is 29.3 Å². The largest absolute Gasteiger partial charge is 0.485 e. The number of amides is 1. The van der Waals surface area contributed by atoms with Crippen molar-refractivity contribution in [1.82, 2.24) is 5.43 Å². The summed E-state index contributed by atoms with van der Waals surface area (Å²) < 4.78 is 11.1. The summed E-state index contributed by atoms with van der Waals surface area (Å²) in [6.45, 7) is 1.78. The number of hydrogen-bond donors (Lipinski definition) is 1. The summed E-state index contributed by atoms with van der Waals surface area (Å²) >= 11 is 0. The third kappa shape index (κ3) is 3.74. The Kier molecular flexibility index (Phi) is 4.60. The second kappa shape index (κ2) is 7.00. The maximum absolute atomic E-state index is 12.2. The van der Waals surface area contributed by atoms with E-state index in [1.807, 2.05) is 6.07 Å². The standard InChI is InChI=1S/C17H15N3O5/c1-11(12-6-8-13(9-7-12)20(22)23)18-19-17(21)16-10-24-14-4-2-3-5-15(14)25-16/h2-9,16H,10H2,1H3,(H,19,21). The number of hydrazone groups is 1. The highest BCUT2D eigenvalue weighted by molar-refractivity contribution is 5.99. The number of rotatable bonds is 4. The Morgan fingerprint density at radius 2 is 1.88 bits per heavy atom. The van der Waals surface area contributed by atoms with Crippen molar-refractivity contribution < 1.29 is 19.2 Å². The molecular formula is C17H15N3O5. The molecule has 1 aliphatic heterocycles. The first-order valence-electron chi connectivity index (χ1n) is 7.52. The number of ether oxygens (including phenoxy) is 2. The number of nitrogens with zero attached hydrogens (tertiary/aromatic N) is 2. The lowest BCUT2D eigenvalue weighted by Crippen LogP contribution is -2.42. The van der Waals surface area contributed by atoms with Crippen LogP contribution in [0.15, 0.2) is 53.6 Å². The number of nitro groups is 1. The molecule has 0 fully saturated rings. The lowest BCUT2D eigenvalue weighted by Gasteiger charge is -2.24. The van der Waals surface area contributed by atoms with Crippen LogP contribution in [-0.2, 0) is 4.79 Å². The third-order valence-electron chi connectivity index (χ3n) is 3.63. The van der Waals surface area contributed by atoms with Crippen LogP contribution in [0.5, 0.6) is 11.5 Å². The molecule has 0 radical (unpaired) electrons. The highest BCUT2D eigenvalue weighted by Crippen LogP contribution is 2.30. The van der Waals surface area contributed by atoms with Gasteiger partial charge in [0.25, 0.3) is 11.6 Å². The van der Waals surface area contributed by atoms with Crippen LogP contribution in [0.25, 0.3) is 0 Å². The van der Waals surface area contributed by atoms with Crippen molar-refractivity contribution in [3.8, 4) is 11.5 Å². The van der Waals surface area contributed by atoms with E-state index in [1.54, 1.807) is 37.3 Å². The smallest absolute Gasteiger partial charge is 0.284 e. The molecule has 3 rings (SSSR count). The van der Waals surface area contributed by atoms with E-state index in [9.17, 15) is 14.9 Å². The van der Waals surface area contributed by atoms with E-state index >= 15 is 0 Å². The maximum Gasteiger partial charge on any atom is 0.284 e. The zero-order valence-electron chi connectivity index (χ0n) is 13.3. The van der Waals surface area contributed by atoms with Crippen molar-refractivity contribution in [3.05, 3.63) is 64.2 Å². The number of carbonyl (C=O) groups excluding carboxylic acids is 1. The molecule has 25 heavy (non-hydrogen) atoms. The van der Waals surface area contributed by atoms with Gasteiger partial charge in [0.05, 0.1) is 10.6 Å². The number of nitro benzene ring substituents is 1. The number of nitrogens with one attached hydrogen (secondary N) is 1. The quantitative estimate of drug-likeness (QED) is 0.522. The van der Waals surface area contributed by atoms with Crippen LogP contribution in [0.3, 0.4) is 0 Å². The molecule has 8 nitrogen and oxygen atoms in total. The second-order valence-electron chi connectivity index (χ2n) is 5.34. The molecule has 128 valence electrons. The molecule has 1 unspecified atom stereocenters. The van der Waals surface area contributed by atoms with Gasteiger partial charge in [0.1, 0.15) is 6.61 Å². The molecule has 1 heterocycles. The summed E-state index contributed by atoms with van der Waals surface area (Å²) in [5.74, 6) is 0.665. The van der Waals surface area contributed by atoms with Gasteiger partial charge in [-0.3, -0.25) is 14.9 Å². The van der Waals surface area contributed by atoms with Crippen LogP contribution in [0, 0.1) is 10.1 Å². The Labute approximate surface area is 143 Å². The van der Waals surface area contributed by atoms with Crippen LogP contribution in [0.4, 0.5) is 5.69 Å². The molecular weight excluding hydrogens is 326 g/mol. The summed E-state index contributed by atoms with van der Waals surface area (Å²) in [4.78, 5) is 22.4.